The van der Waals surface area contributed by atoms with Crippen LogP contribution in [0.5, 0.6) is 5.75 Å². The summed E-state index contributed by atoms with van der Waals surface area (Å²) in [4.78, 5) is 12.2. The second-order valence-corrected chi connectivity index (χ2v) is 4.68. The normalized spacial score (nSPS) is 12.9. The highest BCUT2D eigenvalue weighted by Gasteiger charge is 2.16. The third-order valence-corrected chi connectivity index (χ3v) is 3.21. The van der Waals surface area contributed by atoms with Crippen molar-refractivity contribution in [2.75, 3.05) is 11.9 Å². The highest BCUT2D eigenvalue weighted by atomic mass is 16.5. The predicted octanol–water partition coefficient (Wildman–Crippen LogP) is 1.92. The van der Waals surface area contributed by atoms with Gasteiger partial charge in [0, 0.05) is 25.2 Å². The number of carbonyl (C=O) groups excluding carboxylic acids is 1. The molecule has 3 rings (SSSR count). The molecule has 1 aromatic heterocycles. The van der Waals surface area contributed by atoms with Crippen LogP contribution in [0, 0.1) is 6.92 Å². The zero-order valence-corrected chi connectivity index (χ0v) is 10.9. The number of aromatic nitrogens is 2. The van der Waals surface area contributed by atoms with Crippen LogP contribution >= 0.6 is 0 Å². The van der Waals surface area contributed by atoms with E-state index < -0.39 is 0 Å². The van der Waals surface area contributed by atoms with Crippen molar-refractivity contribution in [1.82, 2.24) is 9.78 Å². The molecule has 2 aromatic rings. The SMILES string of the molecule is Cc1nn(C)cc1NC(=O)c1ccc2c(c1)CCO2. The lowest BCUT2D eigenvalue weighted by atomic mass is 10.1. The van der Waals surface area contributed by atoms with Gasteiger partial charge < -0.3 is 10.1 Å². The first-order valence-corrected chi connectivity index (χ1v) is 6.21. The summed E-state index contributed by atoms with van der Waals surface area (Å²) in [6.45, 7) is 2.56. The Morgan fingerprint density at radius 1 is 1.47 bits per heavy atom. The molecule has 0 aliphatic carbocycles. The quantitative estimate of drug-likeness (QED) is 0.894. The summed E-state index contributed by atoms with van der Waals surface area (Å²) in [7, 11) is 1.83. The number of nitrogens with zero attached hydrogens (tertiary/aromatic N) is 2. The molecule has 1 aromatic carbocycles. The lowest BCUT2D eigenvalue weighted by Gasteiger charge is -2.05. The van der Waals surface area contributed by atoms with Gasteiger partial charge in [0.05, 0.1) is 18.0 Å². The molecule has 98 valence electrons. The van der Waals surface area contributed by atoms with Crippen molar-refractivity contribution in [3.05, 3.63) is 41.2 Å². The van der Waals surface area contributed by atoms with Gasteiger partial charge in [-0.1, -0.05) is 0 Å². The molecular weight excluding hydrogens is 242 g/mol. The maximum absolute atomic E-state index is 12.2. The van der Waals surface area contributed by atoms with E-state index in [1.165, 1.54) is 0 Å². The van der Waals surface area contributed by atoms with Crippen LogP contribution < -0.4 is 10.1 Å². The summed E-state index contributed by atoms with van der Waals surface area (Å²) in [6, 6.07) is 5.53. The number of hydrogen-bond donors (Lipinski definition) is 1. The standard InChI is InChI=1S/C14H15N3O2/c1-9-12(8-17(2)16-9)15-14(18)11-3-4-13-10(7-11)5-6-19-13/h3-4,7-8H,5-6H2,1-2H3,(H,15,18). The minimum Gasteiger partial charge on any atom is -0.493 e. The summed E-state index contributed by atoms with van der Waals surface area (Å²) >= 11 is 0. The van der Waals surface area contributed by atoms with Crippen molar-refractivity contribution in [2.24, 2.45) is 7.05 Å². The maximum atomic E-state index is 12.2. The third-order valence-electron chi connectivity index (χ3n) is 3.21. The zero-order chi connectivity index (χ0) is 13.4. The fraction of sp³-hybridized carbons (Fsp3) is 0.286. The second-order valence-electron chi connectivity index (χ2n) is 4.68. The molecule has 1 aliphatic heterocycles. The summed E-state index contributed by atoms with van der Waals surface area (Å²) in [6.07, 6.45) is 2.66. The van der Waals surface area contributed by atoms with E-state index in [0.29, 0.717) is 12.2 Å². The van der Waals surface area contributed by atoms with Crippen LogP contribution in [0.15, 0.2) is 24.4 Å². The fourth-order valence-corrected chi connectivity index (χ4v) is 2.24. The number of benzene rings is 1. The zero-order valence-electron chi connectivity index (χ0n) is 10.9. The van der Waals surface area contributed by atoms with Gasteiger partial charge in [0.1, 0.15) is 5.75 Å². The van der Waals surface area contributed by atoms with Crippen LogP contribution in [0.25, 0.3) is 0 Å². The monoisotopic (exact) mass is 257 g/mol. The molecule has 2 heterocycles. The van der Waals surface area contributed by atoms with E-state index in [9.17, 15) is 4.79 Å². The Morgan fingerprint density at radius 3 is 3.05 bits per heavy atom. The van der Waals surface area contributed by atoms with Crippen molar-refractivity contribution in [3.8, 4) is 5.75 Å². The number of rotatable bonds is 2. The number of nitrogens with one attached hydrogen (secondary N) is 1. The van der Waals surface area contributed by atoms with Crippen LogP contribution in [0.3, 0.4) is 0 Å². The lowest BCUT2D eigenvalue weighted by molar-refractivity contribution is 0.102. The van der Waals surface area contributed by atoms with Gasteiger partial charge in [-0.15, -0.1) is 0 Å². The largest absolute Gasteiger partial charge is 0.493 e. The van der Waals surface area contributed by atoms with Crippen LogP contribution in [0.1, 0.15) is 21.6 Å². The molecule has 0 saturated carbocycles. The van der Waals surface area contributed by atoms with Gasteiger partial charge in [-0.05, 0) is 30.7 Å². The average Bonchev–Trinajstić information content (AvgIpc) is 2.95. The topological polar surface area (TPSA) is 56.2 Å². The molecule has 0 bridgehead atoms. The number of anilines is 1. The lowest BCUT2D eigenvalue weighted by Crippen LogP contribution is -2.12. The van der Waals surface area contributed by atoms with Gasteiger partial charge in [0.2, 0.25) is 0 Å². The van der Waals surface area contributed by atoms with Crippen molar-refractivity contribution in [2.45, 2.75) is 13.3 Å². The molecule has 19 heavy (non-hydrogen) atoms. The number of carbonyl (C=O) groups is 1. The summed E-state index contributed by atoms with van der Waals surface area (Å²) in [5.41, 5.74) is 3.28. The van der Waals surface area contributed by atoms with Gasteiger partial charge in [-0.25, -0.2) is 0 Å². The van der Waals surface area contributed by atoms with Crippen molar-refractivity contribution in [3.63, 3.8) is 0 Å². The van der Waals surface area contributed by atoms with Crippen molar-refractivity contribution >= 4 is 11.6 Å². The molecule has 0 atom stereocenters. The number of hydrogen-bond acceptors (Lipinski definition) is 3. The molecule has 0 saturated heterocycles. The fourth-order valence-electron chi connectivity index (χ4n) is 2.24. The molecule has 1 N–H and O–H groups in total. The molecular formula is C14H15N3O2. The summed E-state index contributed by atoms with van der Waals surface area (Å²) in [5, 5.41) is 7.07. The Labute approximate surface area is 111 Å². The first-order valence-electron chi connectivity index (χ1n) is 6.21. The van der Waals surface area contributed by atoms with E-state index in [1.54, 1.807) is 16.9 Å². The van der Waals surface area contributed by atoms with E-state index in [1.807, 2.05) is 26.1 Å². The molecule has 5 nitrogen and oxygen atoms in total. The molecule has 0 spiro atoms. The number of fused-ring (bicyclic) bond motifs is 1. The van der Waals surface area contributed by atoms with E-state index in [-0.39, 0.29) is 5.91 Å². The minimum absolute atomic E-state index is 0.120. The van der Waals surface area contributed by atoms with Crippen molar-refractivity contribution < 1.29 is 9.53 Å². The summed E-state index contributed by atoms with van der Waals surface area (Å²) in [5.74, 6) is 0.764. The predicted molar refractivity (Wildman–Crippen MR) is 71.5 cm³/mol. The molecule has 0 radical (unpaired) electrons. The van der Waals surface area contributed by atoms with Gasteiger partial charge in [-0.3, -0.25) is 9.48 Å². The van der Waals surface area contributed by atoms with Gasteiger partial charge in [0.25, 0.3) is 5.91 Å². The average molecular weight is 257 g/mol. The first kappa shape index (κ1) is 11.8. The molecule has 5 heteroatoms. The van der Waals surface area contributed by atoms with E-state index in [4.69, 9.17) is 4.74 Å². The Morgan fingerprint density at radius 2 is 2.32 bits per heavy atom. The molecule has 0 fully saturated rings. The van der Waals surface area contributed by atoms with Crippen LogP contribution in [-0.2, 0) is 13.5 Å². The minimum atomic E-state index is -0.120. The van der Waals surface area contributed by atoms with Gasteiger partial charge in [-0.2, -0.15) is 5.10 Å². The summed E-state index contributed by atoms with van der Waals surface area (Å²) < 4.78 is 7.11. The van der Waals surface area contributed by atoms with Crippen LogP contribution in [0.2, 0.25) is 0 Å². The van der Waals surface area contributed by atoms with Crippen molar-refractivity contribution in [1.29, 1.82) is 0 Å². The Balaban J connectivity index is 1.82. The van der Waals surface area contributed by atoms with Crippen LogP contribution in [0.4, 0.5) is 5.69 Å². The molecule has 1 amide bonds. The van der Waals surface area contributed by atoms with E-state index >= 15 is 0 Å². The number of amides is 1. The van der Waals surface area contributed by atoms with E-state index in [0.717, 1.165) is 29.1 Å². The molecule has 1 aliphatic rings. The highest BCUT2D eigenvalue weighted by Crippen LogP contribution is 2.26. The Bertz CT molecular complexity index is 646. The maximum Gasteiger partial charge on any atom is 0.255 e. The Hall–Kier alpha value is -2.30. The third kappa shape index (κ3) is 2.19. The number of ether oxygens (including phenoxy) is 1. The van der Waals surface area contributed by atoms with Crippen LogP contribution in [-0.4, -0.2) is 22.3 Å². The first-order chi connectivity index (χ1) is 9.13. The van der Waals surface area contributed by atoms with E-state index in [2.05, 4.69) is 10.4 Å². The number of aryl methyl sites for hydroxylation is 2. The molecule has 0 unspecified atom stereocenters. The highest BCUT2D eigenvalue weighted by molar-refractivity contribution is 6.04. The second kappa shape index (κ2) is 4.42. The van der Waals surface area contributed by atoms with Gasteiger partial charge >= 0.3 is 0 Å². The smallest absolute Gasteiger partial charge is 0.255 e. The van der Waals surface area contributed by atoms with Gasteiger partial charge in [0.15, 0.2) is 0 Å². The Kier molecular flexibility index (Phi) is 2.74.